The van der Waals surface area contributed by atoms with Crippen molar-refractivity contribution < 1.29 is 66.7 Å². The molecule has 3 atom stereocenters. The predicted octanol–water partition coefficient (Wildman–Crippen LogP) is 11.9. The van der Waals surface area contributed by atoms with Crippen LogP contribution in [0.25, 0.3) is 0 Å². The van der Waals surface area contributed by atoms with E-state index in [1.807, 2.05) is 7.05 Å². The number of carbonyl (C=O) groups excluding carboxylic acids is 7. The van der Waals surface area contributed by atoms with Gasteiger partial charge in [0.05, 0.1) is 51.4 Å². The van der Waals surface area contributed by atoms with Gasteiger partial charge in [-0.15, -0.1) is 0 Å². The molecule has 0 aromatic carbocycles. The van der Waals surface area contributed by atoms with E-state index in [4.69, 9.17) is 33.2 Å². The van der Waals surface area contributed by atoms with Gasteiger partial charge in [0, 0.05) is 43.6 Å². The maximum atomic E-state index is 13.8. The third kappa shape index (κ3) is 32.5. The first-order valence-corrected chi connectivity index (χ1v) is 29.5. The number of ether oxygens (including phenoxy) is 7. The van der Waals surface area contributed by atoms with Crippen LogP contribution in [0.4, 0.5) is 4.79 Å². The van der Waals surface area contributed by atoms with Gasteiger partial charge in [0.1, 0.15) is 19.8 Å². The van der Waals surface area contributed by atoms with Gasteiger partial charge in [-0.3, -0.25) is 38.6 Å². The maximum absolute atomic E-state index is 13.8. The summed E-state index contributed by atoms with van der Waals surface area (Å²) in [6, 6.07) is -1.08. The van der Waals surface area contributed by atoms with Crippen molar-refractivity contribution in [1.82, 2.24) is 9.80 Å². The first-order chi connectivity index (χ1) is 35.9. The largest absolute Gasteiger partial charge is 0.465 e. The third-order valence-electron chi connectivity index (χ3n) is 14.3. The Balaban J connectivity index is 2.07. The zero-order valence-corrected chi connectivity index (χ0v) is 47.0. The van der Waals surface area contributed by atoms with E-state index in [-0.39, 0.29) is 115 Å². The highest BCUT2D eigenvalue weighted by molar-refractivity contribution is 5.73. The highest BCUT2D eigenvalue weighted by Crippen LogP contribution is 2.28. The molecule has 2 fully saturated rings. The van der Waals surface area contributed by atoms with Crippen LogP contribution in [0.2, 0.25) is 0 Å². The van der Waals surface area contributed by atoms with Crippen LogP contribution in [0.5, 0.6) is 0 Å². The van der Waals surface area contributed by atoms with Gasteiger partial charge < -0.3 is 33.2 Å². The van der Waals surface area contributed by atoms with Crippen LogP contribution in [-0.2, 0) is 61.9 Å². The molecule has 1 amide bonds. The second-order valence-corrected chi connectivity index (χ2v) is 21.1. The minimum atomic E-state index is -0.628. The van der Waals surface area contributed by atoms with E-state index in [1.54, 1.807) is 0 Å². The van der Waals surface area contributed by atoms with Crippen molar-refractivity contribution in [3.05, 3.63) is 0 Å². The molecule has 0 radical (unpaired) electrons. The summed E-state index contributed by atoms with van der Waals surface area (Å²) in [6.07, 6.45) is 26.5. The molecule has 0 aromatic rings. The van der Waals surface area contributed by atoms with Gasteiger partial charge >= 0.3 is 41.9 Å². The SMILES string of the molecule is CCCCCCCCC(=O)OCC(COC(=O)CCCCCCCC)CC(=O)OC[C@H]1CC[C@@H](COC(=O)CC(COC(=O)CCCCCCCC)COC(=O)CCCCCCCC)N1C(=O)OCC1CCN1C. The van der Waals surface area contributed by atoms with E-state index >= 15 is 0 Å². The lowest BCUT2D eigenvalue weighted by Crippen LogP contribution is -2.50. The van der Waals surface area contributed by atoms with Gasteiger partial charge in [-0.05, 0) is 58.5 Å². The highest BCUT2D eigenvalue weighted by atomic mass is 16.6. The molecule has 428 valence electrons. The Labute approximate surface area is 446 Å². The minimum Gasteiger partial charge on any atom is -0.465 e. The fourth-order valence-electron chi connectivity index (χ4n) is 9.24. The number of carbonyl (C=O) groups is 7. The molecule has 0 N–H and O–H groups in total. The van der Waals surface area contributed by atoms with Crippen molar-refractivity contribution in [2.45, 2.75) is 258 Å². The van der Waals surface area contributed by atoms with Crippen LogP contribution in [0, 0.1) is 11.8 Å². The second kappa shape index (κ2) is 43.2. The van der Waals surface area contributed by atoms with Crippen LogP contribution in [-0.4, -0.2) is 130 Å². The normalized spacial score (nSPS) is 16.5. The second-order valence-electron chi connectivity index (χ2n) is 21.1. The molecular weight excluding hydrogens is 949 g/mol. The van der Waals surface area contributed by atoms with Crippen LogP contribution in [0.3, 0.4) is 0 Å². The maximum Gasteiger partial charge on any atom is 0.410 e. The zero-order valence-electron chi connectivity index (χ0n) is 47.0. The number of likely N-dealkylation sites (tertiary alicyclic amines) is 2. The van der Waals surface area contributed by atoms with Crippen LogP contribution in [0.15, 0.2) is 0 Å². The molecule has 2 rings (SSSR count). The molecule has 16 heteroatoms. The number of rotatable bonds is 46. The Hall–Kier alpha value is -3.95. The lowest BCUT2D eigenvalue weighted by Gasteiger charge is -2.38. The molecule has 2 aliphatic heterocycles. The molecule has 16 nitrogen and oxygen atoms in total. The summed E-state index contributed by atoms with van der Waals surface area (Å²) in [7, 11) is 1.96. The smallest absolute Gasteiger partial charge is 0.410 e. The summed E-state index contributed by atoms with van der Waals surface area (Å²) in [5, 5.41) is 0. The third-order valence-corrected chi connectivity index (χ3v) is 14.3. The van der Waals surface area contributed by atoms with E-state index in [2.05, 4.69) is 32.6 Å². The number of nitrogens with zero attached hydrogens (tertiary/aromatic N) is 2. The van der Waals surface area contributed by atoms with E-state index in [0.717, 1.165) is 116 Å². The molecule has 0 bridgehead atoms. The summed E-state index contributed by atoms with van der Waals surface area (Å²) in [5.41, 5.74) is 0. The van der Waals surface area contributed by atoms with E-state index in [1.165, 1.54) is 30.6 Å². The number of esters is 6. The minimum absolute atomic E-state index is 0.0857. The number of amides is 1. The van der Waals surface area contributed by atoms with E-state index in [0.29, 0.717) is 38.5 Å². The lowest BCUT2D eigenvalue weighted by atomic mass is 10.1. The summed E-state index contributed by atoms with van der Waals surface area (Å²) in [5.74, 6) is -3.90. The molecule has 74 heavy (non-hydrogen) atoms. The average Bonchev–Trinajstić information content (AvgIpc) is 3.80. The van der Waals surface area contributed by atoms with Crippen molar-refractivity contribution in [3.8, 4) is 0 Å². The molecular formula is C58H102N2O14. The molecule has 0 spiro atoms. The van der Waals surface area contributed by atoms with Crippen molar-refractivity contribution in [1.29, 1.82) is 0 Å². The first kappa shape index (κ1) is 66.2. The molecule has 2 aliphatic rings. The van der Waals surface area contributed by atoms with Crippen LogP contribution < -0.4 is 0 Å². The van der Waals surface area contributed by atoms with Gasteiger partial charge in [-0.25, -0.2) is 4.79 Å². The number of unbranched alkanes of at least 4 members (excludes halogenated alkanes) is 20. The summed E-state index contributed by atoms with van der Waals surface area (Å²) >= 11 is 0. The summed E-state index contributed by atoms with van der Waals surface area (Å²) < 4.78 is 39.7. The molecule has 0 saturated carbocycles. The topological polar surface area (TPSA) is 191 Å². The van der Waals surface area contributed by atoms with Gasteiger partial charge in [0.15, 0.2) is 0 Å². The molecule has 0 aliphatic carbocycles. The molecule has 2 heterocycles. The zero-order chi connectivity index (χ0) is 54.0. The quantitative estimate of drug-likeness (QED) is 0.0317. The van der Waals surface area contributed by atoms with Gasteiger partial charge in [0.25, 0.3) is 0 Å². The summed E-state index contributed by atoms with van der Waals surface area (Å²) in [4.78, 5) is 95.2. The van der Waals surface area contributed by atoms with E-state index in [9.17, 15) is 33.6 Å². The van der Waals surface area contributed by atoms with Crippen molar-refractivity contribution in [3.63, 3.8) is 0 Å². The number of hydrogen-bond acceptors (Lipinski definition) is 15. The van der Waals surface area contributed by atoms with Crippen molar-refractivity contribution in [2.24, 2.45) is 11.8 Å². The Morgan fingerprint density at radius 2 is 0.662 bits per heavy atom. The Morgan fingerprint density at radius 1 is 0.365 bits per heavy atom. The first-order valence-electron chi connectivity index (χ1n) is 29.5. The predicted molar refractivity (Wildman–Crippen MR) is 285 cm³/mol. The lowest BCUT2D eigenvalue weighted by molar-refractivity contribution is -0.155. The van der Waals surface area contributed by atoms with Gasteiger partial charge in [-0.2, -0.15) is 0 Å². The Kier molecular flexibility index (Phi) is 38.6. The fraction of sp³-hybridized carbons (Fsp3) is 0.879. The Morgan fingerprint density at radius 3 is 0.946 bits per heavy atom. The fourth-order valence-corrected chi connectivity index (χ4v) is 9.24. The van der Waals surface area contributed by atoms with Gasteiger partial charge in [-0.1, -0.05) is 156 Å². The number of likely N-dealkylation sites (N-methyl/N-ethyl adjacent to an activating group) is 1. The van der Waals surface area contributed by atoms with Crippen molar-refractivity contribution >= 4 is 41.9 Å². The van der Waals surface area contributed by atoms with Crippen LogP contribution in [0.1, 0.15) is 240 Å². The van der Waals surface area contributed by atoms with Gasteiger partial charge in [0.2, 0.25) is 0 Å². The molecule has 0 aromatic heterocycles. The Bertz CT molecular complexity index is 1390. The molecule has 2 saturated heterocycles. The standard InChI is InChI=1S/C58H102N2O14/c1-6-10-14-18-22-26-30-52(61)68-40-47(41-69-53(62)31-27-23-19-15-11-7-2)38-56(65)72-45-50-34-35-51(60(50)58(67)74-44-49-36-37-59(49)5)46-73-57(66)39-48(42-70-54(63)32-28-24-20-16-12-8-3)43-71-55(64)33-29-25-21-17-13-9-4/h47-51H,6-46H2,1-5H3/t49?,50-,51+. The highest BCUT2D eigenvalue weighted by Gasteiger charge is 2.40. The van der Waals surface area contributed by atoms with Crippen LogP contribution >= 0.6 is 0 Å². The molecule has 1 unspecified atom stereocenters. The summed E-state index contributed by atoms with van der Waals surface area (Å²) in [6.45, 7) is 8.97. The number of hydrogen-bond donors (Lipinski definition) is 0. The van der Waals surface area contributed by atoms with E-state index < -0.39 is 42.0 Å². The van der Waals surface area contributed by atoms with Crippen molar-refractivity contribution in [2.75, 3.05) is 59.8 Å². The monoisotopic (exact) mass is 1050 g/mol. The average molecular weight is 1050 g/mol.